The molecule has 5 heteroatoms. The Bertz CT molecular complexity index is 455. The third-order valence-electron chi connectivity index (χ3n) is 3.15. The van der Waals surface area contributed by atoms with Crippen molar-refractivity contribution < 1.29 is 19.4 Å². The van der Waals surface area contributed by atoms with Crippen LogP contribution in [0.4, 0.5) is 0 Å². The van der Waals surface area contributed by atoms with Gasteiger partial charge in [0, 0.05) is 6.92 Å². The highest BCUT2D eigenvalue weighted by atomic mass is 16.5. The van der Waals surface area contributed by atoms with Crippen LogP contribution in [0.3, 0.4) is 0 Å². The predicted molar refractivity (Wildman–Crippen MR) is 75.9 cm³/mol. The van der Waals surface area contributed by atoms with E-state index in [1.165, 1.54) is 12.5 Å². The number of rotatable bonds is 7. The molecule has 20 heavy (non-hydrogen) atoms. The van der Waals surface area contributed by atoms with Crippen molar-refractivity contribution in [3.63, 3.8) is 0 Å². The summed E-state index contributed by atoms with van der Waals surface area (Å²) in [4.78, 5) is 21.8. The summed E-state index contributed by atoms with van der Waals surface area (Å²) in [7, 11) is 0. The quantitative estimate of drug-likeness (QED) is 0.802. The Morgan fingerprint density at radius 2 is 1.90 bits per heavy atom. The summed E-state index contributed by atoms with van der Waals surface area (Å²) >= 11 is 0. The van der Waals surface area contributed by atoms with Crippen LogP contribution in [0.15, 0.2) is 24.3 Å². The van der Waals surface area contributed by atoms with Gasteiger partial charge < -0.3 is 15.2 Å². The summed E-state index contributed by atoms with van der Waals surface area (Å²) in [5.41, 5.74) is 1.22. The first-order valence-electron chi connectivity index (χ1n) is 6.66. The zero-order chi connectivity index (χ0) is 15.1. The van der Waals surface area contributed by atoms with Gasteiger partial charge in [-0.15, -0.1) is 0 Å². The van der Waals surface area contributed by atoms with Crippen LogP contribution >= 0.6 is 0 Å². The molecule has 2 N–H and O–H groups in total. The molecule has 5 nitrogen and oxygen atoms in total. The number of carbonyl (C=O) groups excluding carboxylic acids is 1. The lowest BCUT2D eigenvalue weighted by Gasteiger charge is -2.15. The van der Waals surface area contributed by atoms with E-state index in [0.29, 0.717) is 11.7 Å². The second-order valence-electron chi connectivity index (χ2n) is 4.78. The molecule has 110 valence electrons. The minimum atomic E-state index is -1.11. The molecule has 0 aromatic heterocycles. The Kier molecular flexibility index (Phi) is 6.03. The van der Waals surface area contributed by atoms with Crippen molar-refractivity contribution in [3.05, 3.63) is 29.8 Å². The van der Waals surface area contributed by atoms with E-state index in [2.05, 4.69) is 19.2 Å². The highest BCUT2D eigenvalue weighted by Crippen LogP contribution is 2.21. The maximum absolute atomic E-state index is 10.9. The standard InChI is InChI=1S/C15H21NO4/c1-4-10(2)12-5-7-13(8-6-12)20-9-14(15(18)19)16-11(3)17/h5-8,10,14H,4,9H2,1-3H3,(H,16,17)(H,18,19). The number of carboxylic acid groups (broad SMARTS) is 1. The van der Waals surface area contributed by atoms with Crippen LogP contribution in [0.5, 0.6) is 5.75 Å². The number of amides is 1. The van der Waals surface area contributed by atoms with Crippen molar-refractivity contribution in [1.29, 1.82) is 0 Å². The molecule has 2 atom stereocenters. The molecule has 0 aliphatic carbocycles. The lowest BCUT2D eigenvalue weighted by molar-refractivity contribution is -0.142. The lowest BCUT2D eigenvalue weighted by Crippen LogP contribution is -2.43. The van der Waals surface area contributed by atoms with Crippen LogP contribution in [0.2, 0.25) is 0 Å². The number of aliphatic carboxylic acids is 1. The van der Waals surface area contributed by atoms with E-state index in [0.717, 1.165) is 6.42 Å². The summed E-state index contributed by atoms with van der Waals surface area (Å²) in [5, 5.41) is 11.3. The van der Waals surface area contributed by atoms with Gasteiger partial charge in [-0.25, -0.2) is 4.79 Å². The largest absolute Gasteiger partial charge is 0.491 e. The molecule has 0 bridgehead atoms. The maximum Gasteiger partial charge on any atom is 0.329 e. The van der Waals surface area contributed by atoms with E-state index in [1.807, 2.05) is 24.3 Å². The molecule has 1 amide bonds. The van der Waals surface area contributed by atoms with Gasteiger partial charge in [0.2, 0.25) is 5.91 Å². The van der Waals surface area contributed by atoms with E-state index in [-0.39, 0.29) is 6.61 Å². The fraction of sp³-hybridized carbons (Fsp3) is 0.467. The van der Waals surface area contributed by atoms with Crippen LogP contribution in [0.25, 0.3) is 0 Å². The van der Waals surface area contributed by atoms with E-state index in [1.54, 1.807) is 0 Å². The molecule has 1 aromatic carbocycles. The number of carboxylic acids is 1. The molecule has 0 fully saturated rings. The Morgan fingerprint density at radius 3 is 2.35 bits per heavy atom. The van der Waals surface area contributed by atoms with Crippen molar-refractivity contribution in [2.45, 2.75) is 39.2 Å². The first-order valence-corrected chi connectivity index (χ1v) is 6.66. The Morgan fingerprint density at radius 1 is 1.30 bits per heavy atom. The molecule has 1 aromatic rings. The topological polar surface area (TPSA) is 75.6 Å². The monoisotopic (exact) mass is 279 g/mol. The minimum Gasteiger partial charge on any atom is -0.491 e. The molecule has 0 aliphatic heterocycles. The maximum atomic E-state index is 10.9. The Labute approximate surface area is 118 Å². The van der Waals surface area contributed by atoms with E-state index < -0.39 is 17.9 Å². The van der Waals surface area contributed by atoms with Gasteiger partial charge in [0.25, 0.3) is 0 Å². The average molecular weight is 279 g/mol. The van der Waals surface area contributed by atoms with Gasteiger partial charge in [0.15, 0.2) is 6.04 Å². The van der Waals surface area contributed by atoms with Gasteiger partial charge in [0.1, 0.15) is 12.4 Å². The summed E-state index contributed by atoms with van der Waals surface area (Å²) in [6, 6.07) is 6.53. The minimum absolute atomic E-state index is 0.0996. The molecule has 0 radical (unpaired) electrons. The molecule has 0 spiro atoms. The van der Waals surface area contributed by atoms with Gasteiger partial charge in [0.05, 0.1) is 0 Å². The van der Waals surface area contributed by atoms with Crippen molar-refractivity contribution >= 4 is 11.9 Å². The van der Waals surface area contributed by atoms with E-state index in [4.69, 9.17) is 9.84 Å². The average Bonchev–Trinajstić information content (AvgIpc) is 2.42. The van der Waals surface area contributed by atoms with Gasteiger partial charge >= 0.3 is 5.97 Å². The smallest absolute Gasteiger partial charge is 0.329 e. The molecule has 0 saturated carbocycles. The van der Waals surface area contributed by atoms with Crippen molar-refractivity contribution in [2.75, 3.05) is 6.61 Å². The second kappa shape index (κ2) is 7.53. The molecule has 0 saturated heterocycles. The van der Waals surface area contributed by atoms with E-state index >= 15 is 0 Å². The Hall–Kier alpha value is -2.04. The lowest BCUT2D eigenvalue weighted by atomic mass is 9.99. The SMILES string of the molecule is CCC(C)c1ccc(OCC(NC(C)=O)C(=O)O)cc1. The number of ether oxygens (including phenoxy) is 1. The van der Waals surface area contributed by atoms with Crippen molar-refractivity contribution in [2.24, 2.45) is 0 Å². The molecular formula is C15H21NO4. The molecule has 1 rings (SSSR count). The zero-order valence-electron chi connectivity index (χ0n) is 12.1. The number of hydrogen-bond acceptors (Lipinski definition) is 3. The number of hydrogen-bond donors (Lipinski definition) is 2. The van der Waals surface area contributed by atoms with Crippen molar-refractivity contribution in [3.8, 4) is 5.75 Å². The summed E-state index contributed by atoms with van der Waals surface area (Å²) in [6.07, 6.45) is 1.06. The normalized spacial score (nSPS) is 13.3. The van der Waals surface area contributed by atoms with Crippen LogP contribution in [0, 0.1) is 0 Å². The number of benzene rings is 1. The molecule has 0 heterocycles. The first kappa shape index (κ1) is 16.0. The van der Waals surface area contributed by atoms with E-state index in [9.17, 15) is 9.59 Å². The third-order valence-corrected chi connectivity index (χ3v) is 3.15. The Balaban J connectivity index is 2.59. The van der Waals surface area contributed by atoms with Gasteiger partial charge in [-0.2, -0.15) is 0 Å². The third kappa shape index (κ3) is 4.91. The second-order valence-corrected chi connectivity index (χ2v) is 4.78. The van der Waals surface area contributed by atoms with Crippen LogP contribution in [-0.4, -0.2) is 29.6 Å². The zero-order valence-corrected chi connectivity index (χ0v) is 12.1. The summed E-state index contributed by atoms with van der Waals surface area (Å²) < 4.78 is 5.40. The predicted octanol–water partition coefficient (Wildman–Crippen LogP) is 2.17. The summed E-state index contributed by atoms with van der Waals surface area (Å²) in [5.74, 6) is -0.437. The highest BCUT2D eigenvalue weighted by molar-refractivity contribution is 5.82. The molecular weight excluding hydrogens is 258 g/mol. The van der Waals surface area contributed by atoms with Gasteiger partial charge in [-0.05, 0) is 30.0 Å². The van der Waals surface area contributed by atoms with Crippen LogP contribution < -0.4 is 10.1 Å². The van der Waals surface area contributed by atoms with Gasteiger partial charge in [-0.1, -0.05) is 26.0 Å². The fourth-order valence-corrected chi connectivity index (χ4v) is 1.73. The fourth-order valence-electron chi connectivity index (χ4n) is 1.73. The first-order chi connectivity index (χ1) is 9.43. The molecule has 0 aliphatic rings. The van der Waals surface area contributed by atoms with Crippen LogP contribution in [-0.2, 0) is 9.59 Å². The number of carbonyl (C=O) groups is 2. The number of nitrogens with one attached hydrogen (secondary N) is 1. The summed E-state index contributed by atoms with van der Waals surface area (Å²) in [6.45, 7) is 5.45. The molecule has 2 unspecified atom stereocenters. The van der Waals surface area contributed by atoms with Crippen molar-refractivity contribution in [1.82, 2.24) is 5.32 Å². The van der Waals surface area contributed by atoms with Crippen LogP contribution in [0.1, 0.15) is 38.7 Å². The van der Waals surface area contributed by atoms with Gasteiger partial charge in [-0.3, -0.25) is 4.79 Å². The highest BCUT2D eigenvalue weighted by Gasteiger charge is 2.19.